The minimum absolute atomic E-state index is 0.0188. The quantitative estimate of drug-likeness (QED) is 0.554. The largest absolute Gasteiger partial charge is 0.575 e. The molecule has 2 atom stereocenters. The lowest BCUT2D eigenvalue weighted by molar-refractivity contribution is -0.394. The van der Waals surface area contributed by atoms with Crippen LogP contribution in [0, 0.1) is 39.9 Å². The average molecular weight is 407 g/mol. The van der Waals surface area contributed by atoms with Gasteiger partial charge >= 0.3 is 5.97 Å². The molecule has 0 spiro atoms. The van der Waals surface area contributed by atoms with E-state index in [9.17, 15) is 15.2 Å². The van der Waals surface area contributed by atoms with Gasteiger partial charge in [0.05, 0.1) is 29.2 Å². The van der Waals surface area contributed by atoms with Crippen LogP contribution >= 0.6 is 0 Å². The van der Waals surface area contributed by atoms with Gasteiger partial charge in [0.1, 0.15) is 17.7 Å². The van der Waals surface area contributed by atoms with E-state index in [2.05, 4.69) is 0 Å². The minimum atomic E-state index is -1.49. The van der Waals surface area contributed by atoms with Gasteiger partial charge < -0.3 is 29.8 Å². The van der Waals surface area contributed by atoms with E-state index in [1.165, 1.54) is 26.0 Å². The third-order valence-corrected chi connectivity index (χ3v) is 4.50. The number of benzene rings is 1. The van der Waals surface area contributed by atoms with Crippen LogP contribution in [0.5, 0.6) is 11.5 Å². The maximum atomic E-state index is 12.7. The molecule has 10 nitrogen and oxygen atoms in total. The van der Waals surface area contributed by atoms with Crippen molar-refractivity contribution in [2.75, 3.05) is 6.79 Å². The molecule has 0 radical (unpaired) electrons. The van der Waals surface area contributed by atoms with E-state index >= 15 is 0 Å². The van der Waals surface area contributed by atoms with E-state index in [0.29, 0.717) is 11.5 Å². The van der Waals surface area contributed by atoms with Crippen LogP contribution in [-0.4, -0.2) is 18.5 Å². The number of cyclic esters (lactones) is 1. The molecule has 2 N–H and O–H groups in total. The van der Waals surface area contributed by atoms with Crippen molar-refractivity contribution >= 4 is 5.97 Å². The van der Waals surface area contributed by atoms with Crippen molar-refractivity contribution in [2.24, 2.45) is 11.7 Å². The molecule has 0 bridgehead atoms. The van der Waals surface area contributed by atoms with Gasteiger partial charge in [-0.15, -0.1) is 0 Å². The fraction of sp³-hybridized carbons (Fsp3) is 0.300. The summed E-state index contributed by atoms with van der Waals surface area (Å²) in [7, 11) is 0. The Labute approximate surface area is 171 Å². The van der Waals surface area contributed by atoms with E-state index in [4.69, 9.17) is 35.2 Å². The molecule has 0 unspecified atom stereocenters. The Morgan fingerprint density at radius 2 is 1.83 bits per heavy atom. The molecule has 1 aromatic rings. The SMILES string of the molecule is CC1(C)OC(=O)C([C@H](c2ccc3c(c2)OCO3)[C@H](C#N)C(N)=C(C#N)C#N)=C([O-])O1. The Morgan fingerprint density at radius 1 is 1.17 bits per heavy atom. The molecule has 0 aliphatic carbocycles. The molecule has 0 amide bonds. The number of nitriles is 3. The predicted octanol–water partition coefficient (Wildman–Crippen LogP) is 0.780. The molecule has 2 aliphatic rings. The van der Waals surface area contributed by atoms with Gasteiger partial charge in [-0.3, -0.25) is 0 Å². The molecule has 0 saturated carbocycles. The van der Waals surface area contributed by atoms with Crippen LogP contribution < -0.4 is 20.3 Å². The maximum Gasteiger partial charge on any atom is 0.337 e. The molecule has 152 valence electrons. The molecule has 2 aliphatic heterocycles. The highest BCUT2D eigenvalue weighted by Crippen LogP contribution is 2.43. The number of carbonyl (C=O) groups is 1. The number of nitrogens with zero attached hydrogens (tertiary/aromatic N) is 3. The molecule has 10 heteroatoms. The van der Waals surface area contributed by atoms with Gasteiger partial charge in [-0.2, -0.15) is 15.8 Å². The molecule has 0 saturated heterocycles. The second kappa shape index (κ2) is 7.57. The van der Waals surface area contributed by atoms with E-state index < -0.39 is 40.7 Å². The van der Waals surface area contributed by atoms with Crippen molar-refractivity contribution in [3.8, 4) is 29.7 Å². The summed E-state index contributed by atoms with van der Waals surface area (Å²) < 4.78 is 20.9. The van der Waals surface area contributed by atoms with Crippen LogP contribution in [-0.2, 0) is 14.3 Å². The number of allylic oxidation sites excluding steroid dienone is 2. The average Bonchev–Trinajstić information content (AvgIpc) is 3.14. The monoisotopic (exact) mass is 407 g/mol. The Morgan fingerprint density at radius 3 is 2.43 bits per heavy atom. The van der Waals surface area contributed by atoms with Crippen molar-refractivity contribution in [3.63, 3.8) is 0 Å². The van der Waals surface area contributed by atoms with Gasteiger partial charge in [0.25, 0.3) is 0 Å². The van der Waals surface area contributed by atoms with Gasteiger partial charge in [0.2, 0.25) is 6.79 Å². The fourth-order valence-electron chi connectivity index (χ4n) is 3.18. The molecular formula is C20H15N4O6-. The number of hydrogen-bond donors (Lipinski definition) is 1. The lowest BCUT2D eigenvalue weighted by Gasteiger charge is -2.41. The van der Waals surface area contributed by atoms with Crippen LogP contribution in [0.1, 0.15) is 25.3 Å². The number of ether oxygens (including phenoxy) is 4. The summed E-state index contributed by atoms with van der Waals surface area (Å²) in [6.45, 7) is 2.75. The van der Waals surface area contributed by atoms with Crippen LogP contribution in [0.2, 0.25) is 0 Å². The second-order valence-corrected chi connectivity index (χ2v) is 6.84. The van der Waals surface area contributed by atoms with Gasteiger partial charge in [0.15, 0.2) is 17.3 Å². The molecular weight excluding hydrogens is 392 g/mol. The van der Waals surface area contributed by atoms with E-state index in [1.807, 2.05) is 6.07 Å². The lowest BCUT2D eigenvalue weighted by Crippen LogP contribution is -2.42. The highest BCUT2D eigenvalue weighted by molar-refractivity contribution is 5.91. The third kappa shape index (κ3) is 3.52. The number of esters is 1. The van der Waals surface area contributed by atoms with Crippen molar-refractivity contribution in [1.82, 2.24) is 0 Å². The van der Waals surface area contributed by atoms with Crippen molar-refractivity contribution in [2.45, 2.75) is 25.6 Å². The fourth-order valence-corrected chi connectivity index (χ4v) is 3.18. The number of rotatable bonds is 4. The zero-order chi connectivity index (χ0) is 22.1. The van der Waals surface area contributed by atoms with E-state index in [0.717, 1.165) is 0 Å². The maximum absolute atomic E-state index is 12.7. The minimum Gasteiger partial charge on any atom is -0.575 e. The highest BCUT2D eigenvalue weighted by Gasteiger charge is 2.40. The summed E-state index contributed by atoms with van der Waals surface area (Å²) in [5.41, 5.74) is 4.84. The first-order valence-corrected chi connectivity index (χ1v) is 8.65. The van der Waals surface area contributed by atoms with E-state index in [-0.39, 0.29) is 18.1 Å². The van der Waals surface area contributed by atoms with Crippen LogP contribution in [0.25, 0.3) is 0 Å². The number of fused-ring (bicyclic) bond motifs is 1. The first kappa shape index (κ1) is 20.4. The van der Waals surface area contributed by atoms with Gasteiger partial charge in [-0.05, 0) is 31.5 Å². The smallest absolute Gasteiger partial charge is 0.337 e. The van der Waals surface area contributed by atoms with Crippen LogP contribution in [0.15, 0.2) is 41.0 Å². The van der Waals surface area contributed by atoms with Crippen LogP contribution in [0.4, 0.5) is 0 Å². The Bertz CT molecular complexity index is 1080. The zero-order valence-electron chi connectivity index (χ0n) is 16.0. The molecule has 0 fully saturated rings. The molecule has 3 rings (SSSR count). The third-order valence-electron chi connectivity index (χ3n) is 4.50. The normalized spacial score (nSPS) is 18.0. The Balaban J connectivity index is 2.24. The summed E-state index contributed by atoms with van der Waals surface area (Å²) >= 11 is 0. The van der Waals surface area contributed by atoms with Crippen molar-refractivity contribution in [3.05, 3.63) is 46.6 Å². The summed E-state index contributed by atoms with van der Waals surface area (Å²) in [6.07, 6.45) is 0. The summed E-state index contributed by atoms with van der Waals surface area (Å²) in [4.78, 5) is 12.7. The van der Waals surface area contributed by atoms with Crippen molar-refractivity contribution in [1.29, 1.82) is 15.8 Å². The highest BCUT2D eigenvalue weighted by atomic mass is 16.8. The molecule has 0 aromatic heterocycles. The van der Waals surface area contributed by atoms with Gasteiger partial charge in [-0.25, -0.2) is 4.79 Å². The molecule has 30 heavy (non-hydrogen) atoms. The van der Waals surface area contributed by atoms with E-state index in [1.54, 1.807) is 18.2 Å². The summed E-state index contributed by atoms with van der Waals surface area (Å²) in [6, 6.07) is 9.64. The van der Waals surface area contributed by atoms with Gasteiger partial charge in [-0.1, -0.05) is 6.07 Å². The van der Waals surface area contributed by atoms with Gasteiger partial charge in [0, 0.05) is 5.92 Å². The molecule has 2 heterocycles. The summed E-state index contributed by atoms with van der Waals surface area (Å²) in [5, 5.41) is 40.8. The number of hydrogen-bond acceptors (Lipinski definition) is 10. The Hall–Kier alpha value is -4.36. The zero-order valence-corrected chi connectivity index (χ0v) is 16.0. The van der Waals surface area contributed by atoms with Crippen LogP contribution in [0.3, 0.4) is 0 Å². The number of carbonyl (C=O) groups excluding carboxylic acids is 1. The van der Waals surface area contributed by atoms with Crippen molar-refractivity contribution < 1.29 is 28.8 Å². The Kier molecular flexibility index (Phi) is 5.14. The standard InChI is InChI=1S/C20H16N4O6/c1-20(2)29-18(25)16(19(26)30-20)15(12(8-23)17(24)11(6-21)7-22)10-3-4-13-14(5-10)28-9-27-13/h3-5,12,15,25H,9,24H2,1-2H3/p-1/t12-,15+/m0/s1. The number of nitrogens with two attached hydrogens (primary N) is 1. The first-order valence-electron chi connectivity index (χ1n) is 8.65. The lowest BCUT2D eigenvalue weighted by atomic mass is 9.78. The second-order valence-electron chi connectivity index (χ2n) is 6.84. The predicted molar refractivity (Wildman–Crippen MR) is 95.1 cm³/mol. The topological polar surface area (TPSA) is 174 Å². The first-order chi connectivity index (χ1) is 14.2. The molecule has 1 aromatic carbocycles. The summed E-state index contributed by atoms with van der Waals surface area (Å²) in [5.74, 6) is -5.44.